The number of benzene rings is 1. The van der Waals surface area contributed by atoms with Gasteiger partial charge in [0.25, 0.3) is 11.8 Å². The first-order valence-corrected chi connectivity index (χ1v) is 10.4. The van der Waals surface area contributed by atoms with Gasteiger partial charge in [-0.1, -0.05) is 11.6 Å². The molecule has 168 valence electrons. The molecular weight excluding hydrogens is 428 g/mol. The predicted octanol–water partition coefficient (Wildman–Crippen LogP) is 0.782. The first kappa shape index (κ1) is 23.0. The van der Waals surface area contributed by atoms with Gasteiger partial charge in [0.05, 0.1) is 17.3 Å². The summed E-state index contributed by atoms with van der Waals surface area (Å²) in [7, 11) is 1.32. The van der Waals surface area contributed by atoms with E-state index in [1.165, 1.54) is 25.2 Å². The molecule has 10 nitrogen and oxygen atoms in total. The van der Waals surface area contributed by atoms with E-state index in [0.717, 1.165) is 12.8 Å². The number of aliphatic hydroxyl groups excluding tert-OH is 1. The number of nitrogens with one attached hydrogen (secondary N) is 4. The molecule has 5 N–H and O–H groups in total. The SMILES string of the molecule is CNC(=O)C(=O)[C@H](C[C@@H]1CCNC1O)NC(=O)c1cc(Cl)ccc1NC(=O)OC1CC1. The van der Waals surface area contributed by atoms with Crippen LogP contribution in [-0.4, -0.2) is 60.8 Å². The lowest BCUT2D eigenvalue weighted by molar-refractivity contribution is -0.139. The molecule has 0 bridgehead atoms. The zero-order valence-electron chi connectivity index (χ0n) is 16.9. The van der Waals surface area contributed by atoms with Gasteiger partial charge in [-0.05, 0) is 50.4 Å². The molecule has 1 unspecified atom stereocenters. The molecule has 3 rings (SSSR count). The number of anilines is 1. The fourth-order valence-corrected chi connectivity index (χ4v) is 3.50. The summed E-state index contributed by atoms with van der Waals surface area (Å²) in [6, 6.07) is 3.12. The third kappa shape index (κ3) is 6.16. The molecule has 1 aliphatic heterocycles. The number of ketones is 1. The number of hydrogen-bond donors (Lipinski definition) is 5. The van der Waals surface area contributed by atoms with Crippen molar-refractivity contribution in [3.05, 3.63) is 28.8 Å². The van der Waals surface area contributed by atoms with Crippen molar-refractivity contribution in [2.45, 2.75) is 44.1 Å². The first-order valence-electron chi connectivity index (χ1n) is 10.0. The maximum Gasteiger partial charge on any atom is 0.411 e. The number of rotatable bonds is 8. The number of carbonyl (C=O) groups is 4. The Kier molecular flexibility index (Phi) is 7.47. The van der Waals surface area contributed by atoms with Crippen LogP contribution >= 0.6 is 11.6 Å². The molecule has 1 saturated heterocycles. The number of likely N-dealkylation sites (N-methyl/N-ethyl adjacent to an activating group) is 1. The van der Waals surface area contributed by atoms with Crippen LogP contribution < -0.4 is 21.3 Å². The quantitative estimate of drug-likeness (QED) is 0.366. The maximum absolute atomic E-state index is 13.0. The summed E-state index contributed by atoms with van der Waals surface area (Å²) in [4.78, 5) is 49.5. The topological polar surface area (TPSA) is 146 Å². The summed E-state index contributed by atoms with van der Waals surface area (Å²) < 4.78 is 5.14. The van der Waals surface area contributed by atoms with Gasteiger partial charge in [0.1, 0.15) is 12.3 Å². The fraction of sp³-hybridized carbons (Fsp3) is 0.500. The number of hydrogen-bond acceptors (Lipinski definition) is 7. The summed E-state index contributed by atoms with van der Waals surface area (Å²) in [5.41, 5.74) is 0.168. The van der Waals surface area contributed by atoms with E-state index < -0.39 is 36.0 Å². The molecule has 2 aliphatic rings. The lowest BCUT2D eigenvalue weighted by atomic mass is 9.94. The molecule has 0 spiro atoms. The van der Waals surface area contributed by atoms with E-state index in [9.17, 15) is 24.3 Å². The Bertz CT molecular complexity index is 875. The first-order chi connectivity index (χ1) is 14.8. The van der Waals surface area contributed by atoms with Gasteiger partial charge in [-0.3, -0.25) is 25.0 Å². The van der Waals surface area contributed by atoms with Crippen LogP contribution in [0.1, 0.15) is 36.0 Å². The van der Waals surface area contributed by atoms with Crippen molar-refractivity contribution >= 4 is 41.0 Å². The van der Waals surface area contributed by atoms with Gasteiger partial charge < -0.3 is 20.5 Å². The van der Waals surface area contributed by atoms with Crippen LogP contribution in [0.2, 0.25) is 5.02 Å². The molecule has 0 radical (unpaired) electrons. The number of carbonyl (C=O) groups excluding carboxylic acids is 4. The minimum atomic E-state index is -1.17. The molecule has 1 saturated carbocycles. The summed E-state index contributed by atoms with van der Waals surface area (Å²) in [6.07, 6.45) is 0.601. The molecule has 31 heavy (non-hydrogen) atoms. The van der Waals surface area contributed by atoms with Gasteiger partial charge in [-0.15, -0.1) is 0 Å². The van der Waals surface area contributed by atoms with Crippen molar-refractivity contribution < 1.29 is 29.0 Å². The van der Waals surface area contributed by atoms with Gasteiger partial charge in [0.2, 0.25) is 5.78 Å². The lowest BCUT2D eigenvalue weighted by Crippen LogP contribution is -2.48. The van der Waals surface area contributed by atoms with Crippen LogP contribution in [0.15, 0.2) is 18.2 Å². The molecular formula is C20H25ClN4O6. The summed E-state index contributed by atoms with van der Waals surface area (Å²) in [5, 5.41) is 20.4. The smallest absolute Gasteiger partial charge is 0.411 e. The summed E-state index contributed by atoms with van der Waals surface area (Å²) >= 11 is 6.02. The Morgan fingerprint density at radius 3 is 2.61 bits per heavy atom. The molecule has 0 aromatic heterocycles. The van der Waals surface area contributed by atoms with Gasteiger partial charge in [0, 0.05) is 18.0 Å². The fourth-order valence-electron chi connectivity index (χ4n) is 3.33. The normalized spacial score (nSPS) is 21.1. The Balaban J connectivity index is 1.77. The van der Waals surface area contributed by atoms with E-state index in [-0.39, 0.29) is 34.7 Å². The van der Waals surface area contributed by atoms with Crippen molar-refractivity contribution in [3.8, 4) is 0 Å². The van der Waals surface area contributed by atoms with E-state index in [1.807, 2.05) is 0 Å². The van der Waals surface area contributed by atoms with Gasteiger partial charge in [-0.2, -0.15) is 0 Å². The van der Waals surface area contributed by atoms with E-state index >= 15 is 0 Å². The average molecular weight is 453 g/mol. The highest BCUT2D eigenvalue weighted by atomic mass is 35.5. The average Bonchev–Trinajstić information content (AvgIpc) is 3.46. The zero-order chi connectivity index (χ0) is 22.5. The van der Waals surface area contributed by atoms with Crippen LogP contribution in [0.4, 0.5) is 10.5 Å². The van der Waals surface area contributed by atoms with E-state index in [4.69, 9.17) is 16.3 Å². The highest BCUT2D eigenvalue weighted by Crippen LogP contribution is 2.26. The third-order valence-corrected chi connectivity index (χ3v) is 5.42. The van der Waals surface area contributed by atoms with Crippen LogP contribution in [-0.2, 0) is 14.3 Å². The van der Waals surface area contributed by atoms with Crippen molar-refractivity contribution in [2.24, 2.45) is 5.92 Å². The standard InChI is InChI=1S/C20H25ClN4O6/c1-22-19(29)16(26)15(8-10-6-7-23-17(10)27)24-18(28)13-9-11(21)2-5-14(13)25-20(30)31-12-3-4-12/h2,5,9-10,12,15,17,23,27H,3-4,6-8H2,1H3,(H,22,29)(H,24,28)(H,25,30)/t10-,15-,17?/m0/s1. The highest BCUT2D eigenvalue weighted by Gasteiger charge is 2.34. The minimum absolute atomic E-state index is 0.0139. The third-order valence-electron chi connectivity index (χ3n) is 5.19. The van der Waals surface area contributed by atoms with Crippen molar-refractivity contribution in [3.63, 3.8) is 0 Å². The van der Waals surface area contributed by atoms with E-state index in [1.54, 1.807) is 0 Å². The van der Waals surface area contributed by atoms with Crippen LogP contribution in [0, 0.1) is 5.92 Å². The summed E-state index contributed by atoms with van der Waals surface area (Å²) in [5.74, 6) is -2.71. The van der Waals surface area contributed by atoms with Crippen molar-refractivity contribution in [1.82, 2.24) is 16.0 Å². The second-order valence-corrected chi connectivity index (χ2v) is 8.01. The Morgan fingerprint density at radius 2 is 2.00 bits per heavy atom. The van der Waals surface area contributed by atoms with Crippen molar-refractivity contribution in [1.29, 1.82) is 0 Å². The second kappa shape index (κ2) is 10.1. The molecule has 1 aliphatic carbocycles. The molecule has 2 fully saturated rings. The second-order valence-electron chi connectivity index (χ2n) is 7.57. The van der Waals surface area contributed by atoms with Gasteiger partial charge in [0.15, 0.2) is 0 Å². The number of Topliss-reactive ketones (excluding diaryl/α,β-unsaturated/α-hetero) is 1. The minimum Gasteiger partial charge on any atom is -0.446 e. The molecule has 3 atom stereocenters. The van der Waals surface area contributed by atoms with Gasteiger partial charge in [-0.25, -0.2) is 4.79 Å². The molecule has 3 amide bonds. The number of halogens is 1. The Morgan fingerprint density at radius 1 is 1.26 bits per heavy atom. The predicted molar refractivity (Wildman–Crippen MR) is 112 cm³/mol. The molecule has 1 aromatic carbocycles. The summed E-state index contributed by atoms with van der Waals surface area (Å²) in [6.45, 7) is 0.562. The lowest BCUT2D eigenvalue weighted by Gasteiger charge is -2.22. The number of ether oxygens (including phenoxy) is 1. The van der Waals surface area contributed by atoms with E-state index in [2.05, 4.69) is 21.3 Å². The number of amides is 3. The largest absolute Gasteiger partial charge is 0.446 e. The van der Waals surface area contributed by atoms with Gasteiger partial charge >= 0.3 is 6.09 Å². The highest BCUT2D eigenvalue weighted by molar-refractivity contribution is 6.38. The molecule has 1 aromatic rings. The monoisotopic (exact) mass is 452 g/mol. The Hall–Kier alpha value is -2.69. The Labute approximate surface area is 184 Å². The van der Waals surface area contributed by atoms with Crippen LogP contribution in [0.5, 0.6) is 0 Å². The number of aliphatic hydroxyl groups is 1. The zero-order valence-corrected chi connectivity index (χ0v) is 17.7. The van der Waals surface area contributed by atoms with Crippen LogP contribution in [0.3, 0.4) is 0 Å². The molecule has 1 heterocycles. The van der Waals surface area contributed by atoms with E-state index in [0.29, 0.717) is 13.0 Å². The van der Waals surface area contributed by atoms with Crippen molar-refractivity contribution in [2.75, 3.05) is 18.9 Å². The van der Waals surface area contributed by atoms with Crippen LogP contribution in [0.25, 0.3) is 0 Å². The molecule has 11 heteroatoms. The maximum atomic E-state index is 13.0.